The third-order valence-electron chi connectivity index (χ3n) is 4.32. The van der Waals surface area contributed by atoms with Gasteiger partial charge >= 0.3 is 0 Å². The van der Waals surface area contributed by atoms with Gasteiger partial charge in [0.15, 0.2) is 11.5 Å². The topological polar surface area (TPSA) is 38.8 Å². The van der Waals surface area contributed by atoms with Crippen molar-refractivity contribution in [1.29, 1.82) is 0 Å². The highest BCUT2D eigenvalue weighted by molar-refractivity contribution is 9.13. The van der Waals surface area contributed by atoms with Crippen LogP contribution in [0.1, 0.15) is 34.1 Å². The van der Waals surface area contributed by atoms with Gasteiger partial charge in [0.1, 0.15) is 13.2 Å². The van der Waals surface area contributed by atoms with Crippen LogP contribution >= 0.6 is 43.2 Å². The number of carbonyl (C=O) groups excluding carboxylic acids is 1. The molecule has 0 saturated carbocycles. The number of hydrogen-bond donors (Lipinski definition) is 0. The molecule has 3 heterocycles. The van der Waals surface area contributed by atoms with Gasteiger partial charge < -0.3 is 14.4 Å². The fourth-order valence-electron chi connectivity index (χ4n) is 3.22. The number of halogens is 2. The van der Waals surface area contributed by atoms with E-state index in [2.05, 4.69) is 31.9 Å². The average Bonchev–Trinajstić information content (AvgIpc) is 3.21. The van der Waals surface area contributed by atoms with E-state index in [0.29, 0.717) is 13.2 Å². The number of nitrogens with zero attached hydrogens (tertiary/aromatic N) is 1. The molecule has 1 atom stereocenters. The second-order valence-electron chi connectivity index (χ2n) is 5.79. The molecule has 0 aliphatic carbocycles. The van der Waals surface area contributed by atoms with Gasteiger partial charge in [0, 0.05) is 11.0 Å². The number of fused-ring (bicyclic) bond motifs is 1. The molecule has 0 bridgehead atoms. The summed E-state index contributed by atoms with van der Waals surface area (Å²) in [7, 11) is 0. The summed E-state index contributed by atoms with van der Waals surface area (Å²) >= 11 is 8.38. The molecule has 4 rings (SSSR count). The van der Waals surface area contributed by atoms with Gasteiger partial charge in [0.05, 0.1) is 14.7 Å². The molecule has 126 valence electrons. The van der Waals surface area contributed by atoms with E-state index in [4.69, 9.17) is 9.47 Å². The summed E-state index contributed by atoms with van der Waals surface area (Å²) in [4.78, 5) is 15.6. The minimum Gasteiger partial charge on any atom is -0.486 e. The van der Waals surface area contributed by atoms with Crippen molar-refractivity contribution in [1.82, 2.24) is 4.90 Å². The Morgan fingerprint density at radius 2 is 1.96 bits per heavy atom. The first-order chi connectivity index (χ1) is 11.6. The molecule has 7 heteroatoms. The number of ether oxygens (including phenoxy) is 2. The van der Waals surface area contributed by atoms with Crippen LogP contribution < -0.4 is 9.47 Å². The van der Waals surface area contributed by atoms with Crippen LogP contribution in [0.4, 0.5) is 0 Å². The quantitative estimate of drug-likeness (QED) is 0.615. The molecule has 2 aliphatic heterocycles. The Morgan fingerprint density at radius 1 is 1.17 bits per heavy atom. The zero-order chi connectivity index (χ0) is 16.7. The summed E-state index contributed by atoms with van der Waals surface area (Å²) in [5.41, 5.74) is 1.11. The fourth-order valence-corrected chi connectivity index (χ4v) is 5.21. The van der Waals surface area contributed by atoms with Crippen LogP contribution in [0, 0.1) is 0 Å². The van der Waals surface area contributed by atoms with Crippen molar-refractivity contribution in [3.05, 3.63) is 43.0 Å². The van der Waals surface area contributed by atoms with E-state index in [0.717, 1.165) is 49.6 Å². The van der Waals surface area contributed by atoms with Crippen LogP contribution in [0.2, 0.25) is 0 Å². The third-order valence-corrected chi connectivity index (χ3v) is 7.56. The minimum absolute atomic E-state index is 0.0868. The second kappa shape index (κ2) is 6.69. The van der Waals surface area contributed by atoms with Gasteiger partial charge in [0.25, 0.3) is 5.91 Å². The zero-order valence-electron chi connectivity index (χ0n) is 12.8. The maximum Gasteiger partial charge on any atom is 0.264 e. The molecule has 0 N–H and O–H groups in total. The maximum absolute atomic E-state index is 12.9. The molecule has 1 saturated heterocycles. The summed E-state index contributed by atoms with van der Waals surface area (Å²) in [6, 6.07) is 7.99. The first-order valence-corrected chi connectivity index (χ1v) is 10.2. The predicted octanol–water partition coefficient (Wildman–Crippen LogP) is 5.02. The van der Waals surface area contributed by atoms with Crippen molar-refractivity contribution in [2.45, 2.75) is 18.9 Å². The molecule has 0 radical (unpaired) electrons. The lowest BCUT2D eigenvalue weighted by molar-refractivity contribution is 0.0740. The molecular formula is C17H15Br2NO3S. The molecule has 24 heavy (non-hydrogen) atoms. The van der Waals surface area contributed by atoms with E-state index >= 15 is 0 Å². The lowest BCUT2D eigenvalue weighted by Crippen LogP contribution is -2.30. The SMILES string of the molecule is O=C(c1cc(Br)c(Br)s1)N1CCC[C@H]1c1ccc2c(c1)OCCO2. The maximum atomic E-state index is 12.9. The van der Waals surface area contributed by atoms with Crippen molar-refractivity contribution in [2.24, 2.45) is 0 Å². The van der Waals surface area contributed by atoms with E-state index in [9.17, 15) is 4.79 Å². The molecule has 2 aliphatic rings. The van der Waals surface area contributed by atoms with Gasteiger partial charge in [0.2, 0.25) is 0 Å². The smallest absolute Gasteiger partial charge is 0.264 e. The lowest BCUT2D eigenvalue weighted by Gasteiger charge is -2.26. The number of hydrogen-bond acceptors (Lipinski definition) is 4. The van der Waals surface area contributed by atoms with Crippen molar-refractivity contribution in [3.63, 3.8) is 0 Å². The van der Waals surface area contributed by atoms with E-state index in [1.165, 1.54) is 11.3 Å². The summed E-state index contributed by atoms with van der Waals surface area (Å²) < 4.78 is 13.1. The van der Waals surface area contributed by atoms with Crippen molar-refractivity contribution in [2.75, 3.05) is 19.8 Å². The van der Waals surface area contributed by atoms with Crippen molar-refractivity contribution < 1.29 is 14.3 Å². The summed E-state index contributed by atoms with van der Waals surface area (Å²) in [6.45, 7) is 1.94. The van der Waals surface area contributed by atoms with Crippen LogP contribution in [-0.4, -0.2) is 30.6 Å². The molecule has 1 aromatic heterocycles. The van der Waals surface area contributed by atoms with E-state index in [1.807, 2.05) is 29.2 Å². The molecule has 4 nitrogen and oxygen atoms in total. The Bertz CT molecular complexity index is 773. The molecule has 2 aromatic rings. The van der Waals surface area contributed by atoms with Crippen molar-refractivity contribution >= 4 is 49.1 Å². The number of likely N-dealkylation sites (tertiary alicyclic amines) is 1. The molecule has 1 fully saturated rings. The van der Waals surface area contributed by atoms with Gasteiger partial charge in [-0.05, 0) is 68.5 Å². The Balaban J connectivity index is 1.61. The van der Waals surface area contributed by atoms with E-state index < -0.39 is 0 Å². The molecule has 1 amide bonds. The fraction of sp³-hybridized carbons (Fsp3) is 0.353. The first-order valence-electron chi connectivity index (χ1n) is 7.79. The van der Waals surface area contributed by atoms with E-state index in [1.54, 1.807) is 0 Å². The average molecular weight is 473 g/mol. The third kappa shape index (κ3) is 2.97. The van der Waals surface area contributed by atoms with Crippen LogP contribution in [0.25, 0.3) is 0 Å². The highest BCUT2D eigenvalue weighted by Gasteiger charge is 2.32. The standard InChI is InChI=1S/C17H15Br2NO3S/c18-11-9-15(24-16(11)19)17(21)20-5-1-2-12(20)10-3-4-13-14(8-10)23-7-6-22-13/h3-4,8-9,12H,1-2,5-7H2/t12-/m0/s1. The van der Waals surface area contributed by atoms with Crippen molar-refractivity contribution in [3.8, 4) is 11.5 Å². The first kappa shape index (κ1) is 16.4. The van der Waals surface area contributed by atoms with Crippen LogP contribution in [0.15, 0.2) is 32.5 Å². The molecule has 0 spiro atoms. The second-order valence-corrected chi connectivity index (χ2v) is 9.02. The van der Waals surface area contributed by atoms with Gasteiger partial charge in [-0.3, -0.25) is 4.79 Å². The highest BCUT2D eigenvalue weighted by atomic mass is 79.9. The summed E-state index contributed by atoms with van der Waals surface area (Å²) in [6.07, 6.45) is 1.98. The van der Waals surface area contributed by atoms with Crippen LogP contribution in [0.3, 0.4) is 0 Å². The Labute approximate surface area is 161 Å². The van der Waals surface area contributed by atoms with Gasteiger partial charge in [-0.15, -0.1) is 11.3 Å². The number of thiophene rings is 1. The zero-order valence-corrected chi connectivity index (χ0v) is 16.7. The number of carbonyl (C=O) groups is 1. The predicted molar refractivity (Wildman–Crippen MR) is 100 cm³/mol. The normalized spacial score (nSPS) is 19.6. The summed E-state index contributed by atoms with van der Waals surface area (Å²) in [5, 5.41) is 0. The largest absolute Gasteiger partial charge is 0.486 e. The summed E-state index contributed by atoms with van der Waals surface area (Å²) in [5.74, 6) is 1.65. The Hall–Kier alpha value is -1.05. The van der Waals surface area contributed by atoms with Crippen LogP contribution in [0.5, 0.6) is 11.5 Å². The van der Waals surface area contributed by atoms with Gasteiger partial charge in [-0.25, -0.2) is 0 Å². The lowest BCUT2D eigenvalue weighted by atomic mass is 10.0. The minimum atomic E-state index is 0.0868. The van der Waals surface area contributed by atoms with E-state index in [-0.39, 0.29) is 11.9 Å². The van der Waals surface area contributed by atoms with Gasteiger partial charge in [-0.1, -0.05) is 6.07 Å². The number of benzene rings is 1. The number of rotatable bonds is 2. The number of amides is 1. The molecular weight excluding hydrogens is 458 g/mol. The van der Waals surface area contributed by atoms with Crippen LogP contribution in [-0.2, 0) is 0 Å². The van der Waals surface area contributed by atoms with Gasteiger partial charge in [-0.2, -0.15) is 0 Å². The molecule has 1 aromatic carbocycles. The Morgan fingerprint density at radius 3 is 2.71 bits per heavy atom. The Kier molecular flexibility index (Phi) is 4.58. The molecule has 0 unspecified atom stereocenters. The monoisotopic (exact) mass is 471 g/mol. The highest BCUT2D eigenvalue weighted by Crippen LogP contribution is 2.40.